The Labute approximate surface area is 142 Å². The Morgan fingerprint density at radius 3 is 2.83 bits per heavy atom. The van der Waals surface area contributed by atoms with Crippen LogP contribution in [0.25, 0.3) is 0 Å². The van der Waals surface area contributed by atoms with E-state index >= 15 is 0 Å². The van der Waals surface area contributed by atoms with Gasteiger partial charge in [-0.15, -0.1) is 11.3 Å². The lowest BCUT2D eigenvalue weighted by Gasteiger charge is -2.23. The Kier molecular flexibility index (Phi) is 6.40. The van der Waals surface area contributed by atoms with Gasteiger partial charge in [0.2, 0.25) is 0 Å². The molecule has 0 saturated heterocycles. The SMILES string of the molecule is CCNC(=NCc1ncc(C)s1)N(C)Cc1ccccc1OC. The van der Waals surface area contributed by atoms with Crippen LogP contribution in [0.1, 0.15) is 22.4 Å². The molecule has 124 valence electrons. The van der Waals surface area contributed by atoms with Gasteiger partial charge in [-0.05, 0) is 19.9 Å². The normalized spacial score (nSPS) is 11.4. The number of thiazole rings is 1. The van der Waals surface area contributed by atoms with Gasteiger partial charge in [-0.1, -0.05) is 18.2 Å². The Hall–Kier alpha value is -2.08. The monoisotopic (exact) mass is 332 g/mol. The van der Waals surface area contributed by atoms with E-state index in [0.717, 1.165) is 35.4 Å². The topological polar surface area (TPSA) is 49.8 Å². The highest BCUT2D eigenvalue weighted by molar-refractivity contribution is 7.11. The van der Waals surface area contributed by atoms with Gasteiger partial charge in [0.15, 0.2) is 5.96 Å². The molecule has 0 atom stereocenters. The van der Waals surface area contributed by atoms with Gasteiger partial charge in [0.1, 0.15) is 10.8 Å². The second-order valence-electron chi connectivity index (χ2n) is 5.20. The third-order valence-corrected chi connectivity index (χ3v) is 4.23. The highest BCUT2D eigenvalue weighted by atomic mass is 32.1. The molecule has 1 aromatic carbocycles. The van der Waals surface area contributed by atoms with E-state index in [9.17, 15) is 0 Å². The van der Waals surface area contributed by atoms with Gasteiger partial charge in [0.05, 0.1) is 13.7 Å². The number of hydrogen-bond acceptors (Lipinski definition) is 4. The molecule has 2 rings (SSSR count). The zero-order valence-electron chi connectivity index (χ0n) is 14.2. The molecule has 23 heavy (non-hydrogen) atoms. The molecule has 0 unspecified atom stereocenters. The van der Waals surface area contributed by atoms with E-state index in [1.165, 1.54) is 4.88 Å². The molecule has 0 radical (unpaired) electrons. The molecule has 1 N–H and O–H groups in total. The number of nitrogens with zero attached hydrogens (tertiary/aromatic N) is 3. The van der Waals surface area contributed by atoms with Gasteiger partial charge >= 0.3 is 0 Å². The number of para-hydroxylation sites is 1. The fraction of sp³-hybridized carbons (Fsp3) is 0.412. The molecule has 0 fully saturated rings. The number of aryl methyl sites for hydroxylation is 1. The largest absolute Gasteiger partial charge is 0.496 e. The summed E-state index contributed by atoms with van der Waals surface area (Å²) >= 11 is 1.69. The summed E-state index contributed by atoms with van der Waals surface area (Å²) in [6.45, 7) is 6.28. The average Bonchev–Trinajstić information content (AvgIpc) is 2.97. The number of hydrogen-bond donors (Lipinski definition) is 1. The highest BCUT2D eigenvalue weighted by Gasteiger charge is 2.10. The molecule has 0 aliphatic rings. The van der Waals surface area contributed by atoms with Gasteiger partial charge in [0, 0.05) is 36.8 Å². The van der Waals surface area contributed by atoms with Crippen LogP contribution in [-0.2, 0) is 13.1 Å². The van der Waals surface area contributed by atoms with Crippen LogP contribution in [0.15, 0.2) is 35.5 Å². The first kappa shape index (κ1) is 17.3. The first-order chi connectivity index (χ1) is 11.1. The Morgan fingerprint density at radius 1 is 1.39 bits per heavy atom. The fourth-order valence-electron chi connectivity index (χ4n) is 2.25. The van der Waals surface area contributed by atoms with E-state index in [2.05, 4.69) is 40.1 Å². The number of guanidine groups is 1. The molecule has 0 amide bonds. The van der Waals surface area contributed by atoms with Gasteiger partial charge < -0.3 is 15.0 Å². The van der Waals surface area contributed by atoms with Gasteiger partial charge in [-0.2, -0.15) is 0 Å². The number of rotatable bonds is 6. The van der Waals surface area contributed by atoms with Gasteiger partial charge in [-0.25, -0.2) is 9.98 Å². The van der Waals surface area contributed by atoms with E-state index in [4.69, 9.17) is 4.74 Å². The third-order valence-electron chi connectivity index (χ3n) is 3.33. The number of aliphatic imine (C=N–C) groups is 1. The second-order valence-corrected chi connectivity index (χ2v) is 6.52. The van der Waals surface area contributed by atoms with Crippen molar-refractivity contribution >= 4 is 17.3 Å². The second kappa shape index (κ2) is 8.53. The molecular weight excluding hydrogens is 308 g/mol. The molecule has 0 aliphatic carbocycles. The minimum atomic E-state index is 0.594. The maximum absolute atomic E-state index is 5.42. The minimum absolute atomic E-state index is 0.594. The molecule has 0 bridgehead atoms. The van der Waals surface area contributed by atoms with E-state index in [-0.39, 0.29) is 0 Å². The summed E-state index contributed by atoms with van der Waals surface area (Å²) in [5.41, 5.74) is 1.13. The van der Waals surface area contributed by atoms with Crippen molar-refractivity contribution in [3.63, 3.8) is 0 Å². The van der Waals surface area contributed by atoms with Crippen molar-refractivity contribution in [2.24, 2.45) is 4.99 Å². The number of methoxy groups -OCH3 is 1. The lowest BCUT2D eigenvalue weighted by molar-refractivity contribution is 0.396. The maximum atomic E-state index is 5.42. The lowest BCUT2D eigenvalue weighted by Crippen LogP contribution is -2.38. The standard InChI is InChI=1S/C17H24N4OS/c1-5-18-17(20-11-16-19-10-13(2)23-16)21(3)12-14-8-6-7-9-15(14)22-4/h6-10H,5,11-12H2,1-4H3,(H,18,20). The minimum Gasteiger partial charge on any atom is -0.496 e. The highest BCUT2D eigenvalue weighted by Crippen LogP contribution is 2.19. The predicted molar refractivity (Wildman–Crippen MR) is 96.1 cm³/mol. The Balaban J connectivity index is 2.09. The zero-order valence-corrected chi connectivity index (χ0v) is 15.0. The average molecular weight is 332 g/mol. The smallest absolute Gasteiger partial charge is 0.194 e. The zero-order chi connectivity index (χ0) is 16.7. The van der Waals surface area contributed by atoms with Crippen molar-refractivity contribution in [1.82, 2.24) is 15.2 Å². The van der Waals surface area contributed by atoms with Crippen LogP contribution in [0.2, 0.25) is 0 Å². The predicted octanol–water partition coefficient (Wildman–Crippen LogP) is 3.06. The maximum Gasteiger partial charge on any atom is 0.194 e. The summed E-state index contributed by atoms with van der Waals surface area (Å²) in [5.74, 6) is 1.76. The molecule has 0 spiro atoms. The van der Waals surface area contributed by atoms with E-state index < -0.39 is 0 Å². The van der Waals surface area contributed by atoms with E-state index in [1.807, 2.05) is 31.4 Å². The van der Waals surface area contributed by atoms with Crippen LogP contribution < -0.4 is 10.1 Å². The van der Waals surface area contributed by atoms with Crippen molar-refractivity contribution in [2.75, 3.05) is 20.7 Å². The summed E-state index contributed by atoms with van der Waals surface area (Å²) < 4.78 is 5.42. The molecule has 0 aliphatic heterocycles. The Morgan fingerprint density at radius 2 is 2.17 bits per heavy atom. The Bertz CT molecular complexity index is 654. The van der Waals surface area contributed by atoms with Gasteiger partial charge in [0.25, 0.3) is 0 Å². The molecule has 0 saturated carbocycles. The molecule has 2 aromatic rings. The molecule has 5 nitrogen and oxygen atoms in total. The van der Waals surface area contributed by atoms with Crippen LogP contribution in [0.3, 0.4) is 0 Å². The summed E-state index contributed by atoms with van der Waals surface area (Å²) in [6.07, 6.45) is 1.89. The summed E-state index contributed by atoms with van der Waals surface area (Å²) in [7, 11) is 3.73. The van der Waals surface area contributed by atoms with Crippen molar-refractivity contribution in [1.29, 1.82) is 0 Å². The molecule has 1 aromatic heterocycles. The van der Waals surface area contributed by atoms with Crippen molar-refractivity contribution in [3.05, 3.63) is 45.9 Å². The summed E-state index contributed by atoms with van der Waals surface area (Å²) in [5, 5.41) is 4.36. The van der Waals surface area contributed by atoms with E-state index in [1.54, 1.807) is 18.4 Å². The van der Waals surface area contributed by atoms with Crippen molar-refractivity contribution < 1.29 is 4.74 Å². The molecular formula is C17H24N4OS. The number of ether oxygens (including phenoxy) is 1. The van der Waals surface area contributed by atoms with Gasteiger partial charge in [-0.3, -0.25) is 0 Å². The lowest BCUT2D eigenvalue weighted by atomic mass is 10.2. The van der Waals surface area contributed by atoms with Crippen LogP contribution in [0.5, 0.6) is 5.75 Å². The number of aromatic nitrogens is 1. The quantitative estimate of drug-likeness (QED) is 0.652. The van der Waals surface area contributed by atoms with Crippen LogP contribution in [-0.4, -0.2) is 36.5 Å². The first-order valence-corrected chi connectivity index (χ1v) is 8.48. The van der Waals surface area contributed by atoms with Crippen molar-refractivity contribution in [2.45, 2.75) is 26.9 Å². The molecule has 1 heterocycles. The first-order valence-electron chi connectivity index (χ1n) is 7.66. The number of nitrogens with one attached hydrogen (secondary N) is 1. The number of benzene rings is 1. The van der Waals surface area contributed by atoms with Crippen LogP contribution in [0, 0.1) is 6.92 Å². The van der Waals surface area contributed by atoms with E-state index in [0.29, 0.717) is 6.54 Å². The molecule has 6 heteroatoms. The van der Waals surface area contributed by atoms with Crippen LogP contribution in [0.4, 0.5) is 0 Å². The van der Waals surface area contributed by atoms with Crippen molar-refractivity contribution in [3.8, 4) is 5.75 Å². The summed E-state index contributed by atoms with van der Waals surface area (Å²) in [6, 6.07) is 8.05. The summed E-state index contributed by atoms with van der Waals surface area (Å²) in [4.78, 5) is 12.4. The van der Waals surface area contributed by atoms with Crippen LogP contribution >= 0.6 is 11.3 Å². The fourth-order valence-corrected chi connectivity index (χ4v) is 2.96. The third kappa shape index (κ3) is 4.96.